The molecule has 1 unspecified atom stereocenters. The summed E-state index contributed by atoms with van der Waals surface area (Å²) in [4.78, 5) is 12.7. The lowest BCUT2D eigenvalue weighted by atomic mass is 10.2. The number of hydrogen-bond donors (Lipinski definition) is 2. The normalized spacial score (nSPS) is 22.0. The molecule has 0 bridgehead atoms. The highest BCUT2D eigenvalue weighted by atomic mass is 32.1. The van der Waals surface area contributed by atoms with E-state index in [4.69, 9.17) is 5.11 Å². The van der Waals surface area contributed by atoms with Crippen LogP contribution in [-0.2, 0) is 17.8 Å². The van der Waals surface area contributed by atoms with E-state index in [-0.39, 0.29) is 6.42 Å². The first-order chi connectivity index (χ1) is 7.47. The topological polar surface area (TPSA) is 49.3 Å². The summed E-state index contributed by atoms with van der Waals surface area (Å²) in [6.07, 6.45) is 1.37. The Morgan fingerprint density at radius 1 is 1.56 bits per heavy atom. The summed E-state index contributed by atoms with van der Waals surface area (Å²) in [5, 5.41) is 12.2. The number of rotatable bonds is 5. The molecule has 88 valence electrons. The zero-order valence-corrected chi connectivity index (χ0v) is 10.4. The average molecular weight is 239 g/mol. The molecule has 1 aliphatic rings. The number of carboxylic acid groups (broad SMARTS) is 1. The van der Waals surface area contributed by atoms with E-state index in [0.717, 1.165) is 11.4 Å². The minimum Gasteiger partial charge on any atom is -0.481 e. The van der Waals surface area contributed by atoms with E-state index in [1.54, 1.807) is 11.3 Å². The number of nitrogens with one attached hydrogen (secondary N) is 1. The molecular formula is C12H17NO2S. The highest BCUT2D eigenvalue weighted by Crippen LogP contribution is 2.44. The van der Waals surface area contributed by atoms with Gasteiger partial charge >= 0.3 is 5.97 Å². The van der Waals surface area contributed by atoms with Gasteiger partial charge in [-0.2, -0.15) is 0 Å². The molecule has 1 atom stereocenters. The lowest BCUT2D eigenvalue weighted by molar-refractivity contribution is -0.136. The van der Waals surface area contributed by atoms with E-state index in [1.165, 1.54) is 11.3 Å². The van der Waals surface area contributed by atoms with E-state index in [1.807, 2.05) is 12.1 Å². The van der Waals surface area contributed by atoms with Gasteiger partial charge in [-0.15, -0.1) is 11.3 Å². The maximum atomic E-state index is 10.5. The second-order valence-corrected chi connectivity index (χ2v) is 6.32. The van der Waals surface area contributed by atoms with Crippen LogP contribution in [0.25, 0.3) is 0 Å². The zero-order chi connectivity index (χ0) is 11.8. The lowest BCUT2D eigenvalue weighted by Crippen LogP contribution is -2.19. The van der Waals surface area contributed by atoms with Crippen molar-refractivity contribution in [3.05, 3.63) is 21.9 Å². The Morgan fingerprint density at radius 3 is 2.75 bits per heavy atom. The number of hydrogen-bond acceptors (Lipinski definition) is 3. The molecule has 1 fully saturated rings. The maximum Gasteiger partial charge on any atom is 0.308 e. The third kappa shape index (κ3) is 2.83. The Labute approximate surface area is 99.5 Å². The van der Waals surface area contributed by atoms with Crippen LogP contribution in [-0.4, -0.2) is 17.1 Å². The molecule has 0 aliphatic heterocycles. The summed E-state index contributed by atoms with van der Waals surface area (Å²) in [6.45, 7) is 5.38. The molecule has 3 nitrogen and oxygen atoms in total. The van der Waals surface area contributed by atoms with E-state index >= 15 is 0 Å². The van der Waals surface area contributed by atoms with Crippen molar-refractivity contribution in [2.24, 2.45) is 5.41 Å². The van der Waals surface area contributed by atoms with Gasteiger partial charge in [-0.1, -0.05) is 13.8 Å². The fourth-order valence-corrected chi connectivity index (χ4v) is 2.76. The Morgan fingerprint density at radius 2 is 2.19 bits per heavy atom. The Kier molecular flexibility index (Phi) is 3.04. The number of carboxylic acids is 1. The second-order valence-electron chi connectivity index (χ2n) is 5.06. The van der Waals surface area contributed by atoms with Crippen molar-refractivity contribution in [2.75, 3.05) is 0 Å². The first-order valence-electron chi connectivity index (χ1n) is 5.50. The first kappa shape index (κ1) is 11.6. The molecule has 2 rings (SSSR count). The summed E-state index contributed by atoms with van der Waals surface area (Å²) >= 11 is 1.59. The molecule has 1 heterocycles. The van der Waals surface area contributed by atoms with Crippen LogP contribution in [0.1, 0.15) is 30.0 Å². The van der Waals surface area contributed by atoms with Gasteiger partial charge in [0.1, 0.15) is 0 Å². The van der Waals surface area contributed by atoms with Gasteiger partial charge < -0.3 is 10.4 Å². The Bertz CT molecular complexity index is 397. The molecule has 1 saturated carbocycles. The minimum atomic E-state index is -0.760. The number of aliphatic carboxylic acids is 1. The van der Waals surface area contributed by atoms with E-state index in [0.29, 0.717) is 11.5 Å². The lowest BCUT2D eigenvalue weighted by Gasteiger charge is -2.04. The molecule has 0 spiro atoms. The van der Waals surface area contributed by atoms with E-state index in [2.05, 4.69) is 19.2 Å². The van der Waals surface area contributed by atoms with Gasteiger partial charge in [0.15, 0.2) is 0 Å². The van der Waals surface area contributed by atoms with Crippen LogP contribution < -0.4 is 5.32 Å². The van der Waals surface area contributed by atoms with Gasteiger partial charge in [-0.3, -0.25) is 4.79 Å². The SMILES string of the molecule is CC1(C)CC1NCc1ccc(CC(=O)O)s1. The molecule has 16 heavy (non-hydrogen) atoms. The van der Waals surface area contributed by atoms with Gasteiger partial charge in [-0.05, 0) is 24.0 Å². The summed E-state index contributed by atoms with van der Waals surface area (Å²) in [6, 6.07) is 4.55. The van der Waals surface area contributed by atoms with Crippen molar-refractivity contribution >= 4 is 17.3 Å². The standard InChI is InChI=1S/C12H17NO2S/c1-12(2)6-10(12)13-7-9-4-3-8(16-9)5-11(14)15/h3-4,10,13H,5-7H2,1-2H3,(H,14,15). The van der Waals surface area contributed by atoms with Crippen LogP contribution in [0.2, 0.25) is 0 Å². The third-order valence-corrected chi connectivity index (χ3v) is 4.16. The van der Waals surface area contributed by atoms with Crippen molar-refractivity contribution < 1.29 is 9.90 Å². The van der Waals surface area contributed by atoms with Crippen LogP contribution >= 0.6 is 11.3 Å². The van der Waals surface area contributed by atoms with Crippen molar-refractivity contribution in [3.8, 4) is 0 Å². The van der Waals surface area contributed by atoms with Gasteiger partial charge in [0.2, 0.25) is 0 Å². The minimum absolute atomic E-state index is 0.138. The molecule has 2 N–H and O–H groups in total. The molecule has 1 aromatic heterocycles. The predicted molar refractivity (Wildman–Crippen MR) is 64.7 cm³/mol. The van der Waals surface area contributed by atoms with Gasteiger partial charge in [0.25, 0.3) is 0 Å². The third-order valence-electron chi connectivity index (χ3n) is 3.08. The predicted octanol–water partition coefficient (Wildman–Crippen LogP) is 2.26. The summed E-state index contributed by atoms with van der Waals surface area (Å²) in [7, 11) is 0. The smallest absolute Gasteiger partial charge is 0.308 e. The first-order valence-corrected chi connectivity index (χ1v) is 6.32. The van der Waals surface area contributed by atoms with Crippen molar-refractivity contribution in [1.82, 2.24) is 5.32 Å². The molecule has 1 aromatic rings. The number of carbonyl (C=O) groups is 1. The largest absolute Gasteiger partial charge is 0.481 e. The molecule has 0 amide bonds. The van der Waals surface area contributed by atoms with Gasteiger partial charge in [0.05, 0.1) is 6.42 Å². The fourth-order valence-electron chi connectivity index (χ4n) is 1.80. The van der Waals surface area contributed by atoms with Crippen LogP contribution in [0.15, 0.2) is 12.1 Å². The monoisotopic (exact) mass is 239 g/mol. The number of thiophene rings is 1. The summed E-state index contributed by atoms with van der Waals surface area (Å²) in [5.41, 5.74) is 0.446. The van der Waals surface area contributed by atoms with E-state index < -0.39 is 5.97 Å². The molecule has 4 heteroatoms. The maximum absolute atomic E-state index is 10.5. The second kappa shape index (κ2) is 4.18. The van der Waals surface area contributed by atoms with Crippen LogP contribution in [0, 0.1) is 5.41 Å². The molecular weight excluding hydrogens is 222 g/mol. The Balaban J connectivity index is 1.82. The van der Waals surface area contributed by atoms with Crippen LogP contribution in [0.3, 0.4) is 0 Å². The van der Waals surface area contributed by atoms with Crippen LogP contribution in [0.5, 0.6) is 0 Å². The highest BCUT2D eigenvalue weighted by Gasteiger charge is 2.44. The molecule has 0 aromatic carbocycles. The van der Waals surface area contributed by atoms with Crippen LogP contribution in [0.4, 0.5) is 0 Å². The van der Waals surface area contributed by atoms with Crippen molar-refractivity contribution in [2.45, 2.75) is 39.3 Å². The fraction of sp³-hybridized carbons (Fsp3) is 0.583. The zero-order valence-electron chi connectivity index (χ0n) is 9.62. The molecule has 0 radical (unpaired) electrons. The highest BCUT2D eigenvalue weighted by molar-refractivity contribution is 7.12. The van der Waals surface area contributed by atoms with Gasteiger partial charge in [0, 0.05) is 22.3 Å². The van der Waals surface area contributed by atoms with Gasteiger partial charge in [-0.25, -0.2) is 0 Å². The van der Waals surface area contributed by atoms with Crippen molar-refractivity contribution in [1.29, 1.82) is 0 Å². The summed E-state index contributed by atoms with van der Waals surface area (Å²) < 4.78 is 0. The Hall–Kier alpha value is -0.870. The summed E-state index contributed by atoms with van der Waals surface area (Å²) in [5.74, 6) is -0.760. The molecule has 0 saturated heterocycles. The van der Waals surface area contributed by atoms with Crippen molar-refractivity contribution in [3.63, 3.8) is 0 Å². The van der Waals surface area contributed by atoms with E-state index in [9.17, 15) is 4.79 Å². The molecule has 1 aliphatic carbocycles. The quantitative estimate of drug-likeness (QED) is 0.828. The average Bonchev–Trinajstić information content (AvgIpc) is 2.58.